The van der Waals surface area contributed by atoms with Crippen LogP contribution in [0.15, 0.2) is 42.7 Å². The molecule has 1 heterocycles. The van der Waals surface area contributed by atoms with Gasteiger partial charge < -0.3 is 5.32 Å². The zero-order valence-corrected chi connectivity index (χ0v) is 9.57. The van der Waals surface area contributed by atoms with Crippen molar-refractivity contribution in [2.24, 2.45) is 0 Å². The quantitative estimate of drug-likeness (QED) is 0.727. The first-order valence-electron chi connectivity index (χ1n) is 5.13. The molecule has 0 aliphatic rings. The summed E-state index contributed by atoms with van der Waals surface area (Å²) in [6.45, 7) is 0. The van der Waals surface area contributed by atoms with Gasteiger partial charge >= 0.3 is 0 Å². The van der Waals surface area contributed by atoms with Gasteiger partial charge in [0, 0.05) is 16.1 Å². The molecule has 0 aliphatic heterocycles. The second kappa shape index (κ2) is 4.07. The smallest absolute Gasteiger partial charge is 0.222 e. The zero-order valence-electron chi connectivity index (χ0n) is 8.81. The first-order chi connectivity index (χ1) is 8.33. The predicted octanol–water partition coefficient (Wildman–Crippen LogP) is 3.35. The molecule has 0 bridgehead atoms. The lowest BCUT2D eigenvalue weighted by Crippen LogP contribution is -1.93. The molecule has 3 rings (SSSR count). The third-order valence-corrected chi connectivity index (χ3v) is 2.75. The molecule has 4 nitrogen and oxygen atoms in total. The summed E-state index contributed by atoms with van der Waals surface area (Å²) in [6, 6.07) is 11.8. The van der Waals surface area contributed by atoms with E-state index in [1.807, 2.05) is 36.4 Å². The Morgan fingerprint density at radius 1 is 1.18 bits per heavy atom. The summed E-state index contributed by atoms with van der Waals surface area (Å²) in [5, 5.41) is 12.6. The van der Waals surface area contributed by atoms with Crippen molar-refractivity contribution in [2.45, 2.75) is 0 Å². The molecule has 1 aromatic heterocycles. The number of anilines is 2. The molecule has 0 saturated carbocycles. The summed E-state index contributed by atoms with van der Waals surface area (Å²) < 4.78 is 0. The van der Waals surface area contributed by atoms with Crippen LogP contribution in [0.4, 0.5) is 11.6 Å². The number of H-pyrrole nitrogens is 1. The maximum Gasteiger partial charge on any atom is 0.222 e. The highest BCUT2D eigenvalue weighted by atomic mass is 35.5. The standard InChI is InChI=1S/C12H9ClN4/c13-9-4-5-10-8(6-9)2-1-3-11(10)16-12-14-7-15-17-12/h1-7H,(H2,14,15,16,17). The van der Waals surface area contributed by atoms with Crippen molar-refractivity contribution >= 4 is 34.0 Å². The average Bonchev–Trinajstić information content (AvgIpc) is 2.82. The summed E-state index contributed by atoms with van der Waals surface area (Å²) in [7, 11) is 0. The van der Waals surface area contributed by atoms with E-state index >= 15 is 0 Å². The molecule has 0 fully saturated rings. The number of rotatable bonds is 2. The van der Waals surface area contributed by atoms with Crippen molar-refractivity contribution in [3.8, 4) is 0 Å². The van der Waals surface area contributed by atoms with Gasteiger partial charge in [-0.25, -0.2) is 5.10 Å². The van der Waals surface area contributed by atoms with E-state index < -0.39 is 0 Å². The highest BCUT2D eigenvalue weighted by Crippen LogP contribution is 2.27. The van der Waals surface area contributed by atoms with Crippen LogP contribution in [0.2, 0.25) is 5.02 Å². The maximum atomic E-state index is 5.96. The Balaban J connectivity index is 2.10. The molecule has 0 aliphatic carbocycles. The number of aromatic amines is 1. The normalized spacial score (nSPS) is 10.6. The van der Waals surface area contributed by atoms with Crippen molar-refractivity contribution in [1.29, 1.82) is 0 Å². The van der Waals surface area contributed by atoms with Crippen LogP contribution >= 0.6 is 11.6 Å². The van der Waals surface area contributed by atoms with Crippen LogP contribution < -0.4 is 5.32 Å². The van der Waals surface area contributed by atoms with Gasteiger partial charge in [-0.1, -0.05) is 29.8 Å². The SMILES string of the molecule is Clc1ccc2c(Nc3ncn[nH]3)cccc2c1. The largest absolute Gasteiger partial charge is 0.324 e. The van der Waals surface area contributed by atoms with E-state index in [9.17, 15) is 0 Å². The Morgan fingerprint density at radius 2 is 2.12 bits per heavy atom. The molecule has 0 unspecified atom stereocenters. The number of fused-ring (bicyclic) bond motifs is 1. The summed E-state index contributed by atoms with van der Waals surface area (Å²) in [6.07, 6.45) is 1.46. The molecular weight excluding hydrogens is 236 g/mol. The van der Waals surface area contributed by atoms with Crippen LogP contribution in [0.1, 0.15) is 0 Å². The van der Waals surface area contributed by atoms with E-state index in [0.29, 0.717) is 5.95 Å². The van der Waals surface area contributed by atoms with E-state index in [0.717, 1.165) is 21.5 Å². The molecule has 0 amide bonds. The molecule has 84 valence electrons. The molecule has 0 radical (unpaired) electrons. The second-order valence-electron chi connectivity index (χ2n) is 3.63. The van der Waals surface area contributed by atoms with Gasteiger partial charge in [-0.2, -0.15) is 10.1 Å². The van der Waals surface area contributed by atoms with Gasteiger partial charge in [0.25, 0.3) is 0 Å². The number of benzene rings is 2. The zero-order chi connectivity index (χ0) is 11.7. The number of aromatic nitrogens is 3. The minimum atomic E-state index is 0.618. The lowest BCUT2D eigenvalue weighted by Gasteiger charge is -2.07. The molecule has 0 saturated heterocycles. The Hall–Kier alpha value is -2.07. The molecule has 2 N–H and O–H groups in total. The van der Waals surface area contributed by atoms with Crippen LogP contribution in [0, 0.1) is 0 Å². The van der Waals surface area contributed by atoms with Gasteiger partial charge in [-0.05, 0) is 23.6 Å². The van der Waals surface area contributed by atoms with Crippen molar-refractivity contribution in [3.05, 3.63) is 47.7 Å². The van der Waals surface area contributed by atoms with E-state index in [1.165, 1.54) is 6.33 Å². The molecule has 0 spiro atoms. The van der Waals surface area contributed by atoms with Crippen molar-refractivity contribution in [1.82, 2.24) is 15.2 Å². The highest BCUT2D eigenvalue weighted by molar-refractivity contribution is 6.31. The lowest BCUT2D eigenvalue weighted by atomic mass is 10.1. The van der Waals surface area contributed by atoms with Crippen molar-refractivity contribution in [3.63, 3.8) is 0 Å². The molecule has 2 aromatic carbocycles. The van der Waals surface area contributed by atoms with E-state index in [1.54, 1.807) is 0 Å². The number of hydrogen-bond acceptors (Lipinski definition) is 3. The fourth-order valence-electron chi connectivity index (χ4n) is 1.76. The summed E-state index contributed by atoms with van der Waals surface area (Å²) >= 11 is 5.96. The first-order valence-corrected chi connectivity index (χ1v) is 5.51. The molecule has 17 heavy (non-hydrogen) atoms. The molecule has 0 atom stereocenters. The molecule has 3 aromatic rings. The summed E-state index contributed by atoms with van der Waals surface area (Å²) in [5.74, 6) is 0.618. The number of nitrogens with one attached hydrogen (secondary N) is 2. The first kappa shape index (κ1) is 10.1. The molecular formula is C12H9ClN4. The average molecular weight is 245 g/mol. The van der Waals surface area contributed by atoms with Gasteiger partial charge in [0.05, 0.1) is 0 Å². The Morgan fingerprint density at radius 3 is 2.94 bits per heavy atom. The van der Waals surface area contributed by atoms with Crippen molar-refractivity contribution < 1.29 is 0 Å². The van der Waals surface area contributed by atoms with Gasteiger partial charge in [0.2, 0.25) is 5.95 Å². The third-order valence-electron chi connectivity index (χ3n) is 2.51. The Bertz CT molecular complexity index is 649. The fraction of sp³-hybridized carbons (Fsp3) is 0. The number of halogens is 1. The minimum absolute atomic E-state index is 0.618. The monoisotopic (exact) mass is 244 g/mol. The summed E-state index contributed by atoms with van der Waals surface area (Å²) in [4.78, 5) is 4.03. The number of nitrogens with zero attached hydrogens (tertiary/aromatic N) is 2. The van der Waals surface area contributed by atoms with E-state index in [-0.39, 0.29) is 0 Å². The van der Waals surface area contributed by atoms with Gasteiger partial charge in [-0.3, -0.25) is 0 Å². The summed E-state index contributed by atoms with van der Waals surface area (Å²) in [5.41, 5.74) is 0.968. The van der Waals surface area contributed by atoms with Crippen LogP contribution in [0.5, 0.6) is 0 Å². The second-order valence-corrected chi connectivity index (χ2v) is 4.07. The van der Waals surface area contributed by atoms with Crippen LogP contribution in [-0.2, 0) is 0 Å². The van der Waals surface area contributed by atoms with Crippen LogP contribution in [0.25, 0.3) is 10.8 Å². The van der Waals surface area contributed by atoms with E-state index in [4.69, 9.17) is 11.6 Å². The van der Waals surface area contributed by atoms with Crippen molar-refractivity contribution in [2.75, 3.05) is 5.32 Å². The Labute approximate surface area is 103 Å². The van der Waals surface area contributed by atoms with Crippen LogP contribution in [-0.4, -0.2) is 15.2 Å². The maximum absolute atomic E-state index is 5.96. The number of hydrogen-bond donors (Lipinski definition) is 2. The van der Waals surface area contributed by atoms with Gasteiger partial charge in [-0.15, -0.1) is 0 Å². The predicted molar refractivity (Wildman–Crippen MR) is 68.6 cm³/mol. The van der Waals surface area contributed by atoms with E-state index in [2.05, 4.69) is 20.5 Å². The van der Waals surface area contributed by atoms with Gasteiger partial charge in [0.1, 0.15) is 6.33 Å². The topological polar surface area (TPSA) is 53.6 Å². The van der Waals surface area contributed by atoms with Gasteiger partial charge in [0.15, 0.2) is 0 Å². The third kappa shape index (κ3) is 1.94. The van der Waals surface area contributed by atoms with Crippen LogP contribution in [0.3, 0.4) is 0 Å². The fourth-order valence-corrected chi connectivity index (χ4v) is 1.94. The highest BCUT2D eigenvalue weighted by Gasteiger charge is 2.02. The minimum Gasteiger partial charge on any atom is -0.324 e. The molecule has 5 heteroatoms. The Kier molecular flexibility index (Phi) is 2.42. The lowest BCUT2D eigenvalue weighted by molar-refractivity contribution is 1.09.